The van der Waals surface area contributed by atoms with Crippen LogP contribution in [0.3, 0.4) is 0 Å². The van der Waals surface area contributed by atoms with Crippen molar-refractivity contribution < 1.29 is 55.6 Å². The van der Waals surface area contributed by atoms with Crippen molar-refractivity contribution in [2.75, 3.05) is 36.1 Å². The SMILES string of the molecule is CC(C)(C)OCc1cnc2c(c1)[C@]1(COC(N)=N1)c1cc(-c3cccnc3F)c(F)cc1O2.C[CH-]c1cccc(C(C)C)c1N1CCN(c2c([CH-]C)cccc2C(C)C)[C]1=[Pd].NC1=N[C@@]2(CO1)c1cc(Br)c(F)cc1Oc1ncc(I)cc12.[CH-]=CC.[CH3-]. The van der Waals surface area contributed by atoms with Crippen molar-refractivity contribution in [1.29, 1.82) is 0 Å². The number of hydrogen-bond donors (Lipinski definition) is 2. The van der Waals surface area contributed by atoms with Gasteiger partial charge in [-0.3, -0.25) is 6.08 Å². The van der Waals surface area contributed by atoms with Gasteiger partial charge in [0, 0.05) is 56.5 Å². The number of allylic oxidation sites excluding steroid dienone is 1. The number of nitrogens with zero attached hydrogens (tertiary/aromatic N) is 7. The molecule has 0 amide bonds. The molecule has 12 rings (SSSR count). The minimum atomic E-state index is -1.13. The molecular formula is C67H70BrF3IN9O5Pd-4. The number of para-hydroxylation sites is 2. The molecule has 5 aliphatic rings. The molecule has 14 nitrogen and oxygen atoms in total. The van der Waals surface area contributed by atoms with Crippen molar-refractivity contribution in [1.82, 2.24) is 15.0 Å². The molecule has 0 radical (unpaired) electrons. The normalized spacial score (nSPS) is 17.4. The standard InChI is InChI=1S/C25H32N2.C24H22F2N4O3.C14H8BrFIN3O2.C3H5.CH3.Pd/c1-7-20-11-9-13-22(18(3)4)24(20)26-15-16-27(17-26)25-21(8-2)12-10-14-23(25)19(5)6;1-23(2,3)32-11-13-7-17-21(29-10-13)33-19-9-18(25)15(14-5-4-6-28-20(14)26)8-16(19)24(17)12-31-22(27)30-24;15-9-2-7-11(3-10(9)16)22-12-8(1-6(17)4-19-12)14(7)5-21-13(18)20-14;1-3-2;;/h7-14,18-19H,15-16H2,1-6H3;4-10H,11-12H2,1-3H3,(H2,27,30);1-4H,5H2,(H2,18,20);1,3H,2H3;1H3;/q-2;;;2*-1;/t;24-;14-;;;/m.00.../s1. The van der Waals surface area contributed by atoms with E-state index in [1.165, 1.54) is 74.4 Å². The Morgan fingerprint density at radius 3 is 1.72 bits per heavy atom. The van der Waals surface area contributed by atoms with Crippen LogP contribution in [0.5, 0.6) is 23.3 Å². The quantitative estimate of drug-likeness (QED) is 0.0608. The van der Waals surface area contributed by atoms with E-state index in [2.05, 4.69) is 183 Å². The second kappa shape index (κ2) is 27.2. The maximum Gasteiger partial charge on any atom is 0.283 e. The van der Waals surface area contributed by atoms with E-state index in [-0.39, 0.29) is 61.0 Å². The van der Waals surface area contributed by atoms with Gasteiger partial charge >= 0.3 is 182 Å². The third-order valence-electron chi connectivity index (χ3n) is 14.8. The van der Waals surface area contributed by atoms with E-state index < -0.39 is 28.7 Å². The zero-order valence-corrected chi connectivity index (χ0v) is 55.6. The van der Waals surface area contributed by atoms with Gasteiger partial charge in [0.1, 0.15) is 36.3 Å². The summed E-state index contributed by atoms with van der Waals surface area (Å²) in [5.41, 5.74) is 20.8. The van der Waals surface area contributed by atoms with E-state index in [9.17, 15) is 8.78 Å². The molecule has 1 saturated heterocycles. The average Bonchev–Trinajstić information content (AvgIpc) is 1.78. The number of ether oxygens (including phenoxy) is 5. The van der Waals surface area contributed by atoms with Gasteiger partial charge in [-0.1, -0.05) is 6.92 Å². The number of hydrogen-bond acceptors (Lipinski definition) is 14. The van der Waals surface area contributed by atoms with Crippen LogP contribution in [-0.4, -0.2) is 63.1 Å². The van der Waals surface area contributed by atoms with Crippen molar-refractivity contribution in [3.8, 4) is 34.4 Å². The first kappa shape index (κ1) is 66.0. The summed E-state index contributed by atoms with van der Waals surface area (Å²) in [4.78, 5) is 26.3. The summed E-state index contributed by atoms with van der Waals surface area (Å²) < 4.78 is 74.2. The summed E-state index contributed by atoms with van der Waals surface area (Å²) in [7, 11) is 0. The van der Waals surface area contributed by atoms with Crippen molar-refractivity contribution in [2.24, 2.45) is 21.5 Å². The number of anilines is 2. The summed E-state index contributed by atoms with van der Waals surface area (Å²) in [6.07, 6.45) is 10.6. The number of nitrogens with two attached hydrogens (primary N) is 2. The van der Waals surface area contributed by atoms with Gasteiger partial charge in [-0.25, -0.2) is 33.7 Å². The van der Waals surface area contributed by atoms with Gasteiger partial charge in [0.15, 0.2) is 11.1 Å². The molecule has 0 saturated carbocycles. The first-order chi connectivity index (χ1) is 41.0. The first-order valence-electron chi connectivity index (χ1n) is 27.9. The second-order valence-electron chi connectivity index (χ2n) is 22.3. The molecule has 2 atom stereocenters. The minimum absolute atomic E-state index is 0. The summed E-state index contributed by atoms with van der Waals surface area (Å²) in [6, 6.07) is 25.9. The van der Waals surface area contributed by atoms with Crippen molar-refractivity contribution in [2.45, 2.75) is 104 Å². The number of aliphatic imine (C=N–C) groups is 2. The Labute approximate surface area is 541 Å². The Hall–Kier alpha value is -6.96. The van der Waals surface area contributed by atoms with Crippen LogP contribution in [0.2, 0.25) is 0 Å². The molecule has 20 heteroatoms. The number of benzene rings is 4. The third-order valence-corrected chi connectivity index (χ3v) is 16.8. The zero-order chi connectivity index (χ0) is 62.0. The monoisotopic (exact) mass is 1450 g/mol. The molecule has 4 aromatic carbocycles. The van der Waals surface area contributed by atoms with Gasteiger partial charge in [0.05, 0.1) is 27.8 Å². The van der Waals surface area contributed by atoms with Crippen LogP contribution in [0.15, 0.2) is 124 Å². The molecule has 462 valence electrons. The molecule has 87 heavy (non-hydrogen) atoms. The Bertz CT molecular complexity index is 3740. The fourth-order valence-corrected chi connectivity index (χ4v) is 12.2. The Morgan fingerprint density at radius 2 is 1.24 bits per heavy atom. The van der Waals surface area contributed by atoms with E-state index in [4.69, 9.17) is 41.7 Å². The topological polar surface area (TPSA) is 168 Å². The van der Waals surface area contributed by atoms with Crippen LogP contribution in [0.25, 0.3) is 11.1 Å². The van der Waals surface area contributed by atoms with Crippen LogP contribution >= 0.6 is 38.5 Å². The molecule has 4 N–H and O–H groups in total. The molecule has 7 aromatic rings. The molecule has 0 aliphatic carbocycles. The molecule has 3 aromatic heterocycles. The molecule has 5 aliphatic heterocycles. The summed E-state index contributed by atoms with van der Waals surface area (Å²) >= 11 is 9.01. The van der Waals surface area contributed by atoms with E-state index in [0.29, 0.717) is 51.2 Å². The van der Waals surface area contributed by atoms with Gasteiger partial charge in [-0.15, -0.1) is 0 Å². The number of halogens is 5. The summed E-state index contributed by atoms with van der Waals surface area (Å²) in [6.45, 7) is 28.3. The molecule has 1 fully saturated rings. The number of pyridine rings is 3. The first-order valence-corrected chi connectivity index (χ1v) is 30.6. The van der Waals surface area contributed by atoms with Crippen LogP contribution in [0.4, 0.5) is 24.5 Å². The molecule has 0 bridgehead atoms. The van der Waals surface area contributed by atoms with Gasteiger partial charge in [-0.2, -0.15) is 4.39 Å². The fourth-order valence-electron chi connectivity index (χ4n) is 10.8. The molecular weight excluding hydrogens is 1380 g/mol. The largest absolute Gasteiger partial charge is 0.518 e. The predicted molar refractivity (Wildman–Crippen MR) is 346 cm³/mol. The van der Waals surface area contributed by atoms with Crippen molar-refractivity contribution in [3.05, 3.63) is 212 Å². The third kappa shape index (κ3) is 13.4. The zero-order valence-electron chi connectivity index (χ0n) is 50.3. The summed E-state index contributed by atoms with van der Waals surface area (Å²) in [5, 5.41) is 0. The number of aromatic nitrogens is 3. The van der Waals surface area contributed by atoms with Gasteiger partial charge in [-0.05, 0) is 101 Å². The van der Waals surface area contributed by atoms with Crippen LogP contribution in [0, 0.1) is 48.0 Å². The van der Waals surface area contributed by atoms with E-state index >= 15 is 4.39 Å². The second-order valence-corrected chi connectivity index (χ2v) is 25.1. The van der Waals surface area contributed by atoms with E-state index in [1.807, 2.05) is 32.9 Å². The molecule has 2 spiro atoms. The maximum atomic E-state index is 15.0. The van der Waals surface area contributed by atoms with Gasteiger partial charge in [0.2, 0.25) is 17.7 Å². The van der Waals surface area contributed by atoms with E-state index in [1.54, 1.807) is 31.5 Å². The fraction of sp³-hybridized carbons (Fsp3) is 0.299. The average molecular weight is 1450 g/mol. The molecule has 0 unspecified atom stereocenters. The smallest absolute Gasteiger partial charge is 0.283 e. The Morgan fingerprint density at radius 1 is 0.736 bits per heavy atom. The minimum Gasteiger partial charge on any atom is -0.518 e. The van der Waals surface area contributed by atoms with Crippen LogP contribution in [-0.2, 0) is 50.6 Å². The molecule has 8 heterocycles. The van der Waals surface area contributed by atoms with Crippen molar-refractivity contribution >= 4 is 66.2 Å². The maximum absolute atomic E-state index is 15.0. The van der Waals surface area contributed by atoms with Crippen LogP contribution < -0.4 is 30.7 Å². The number of fused-ring (bicyclic) bond motifs is 8. The van der Waals surface area contributed by atoms with Gasteiger partial charge in [0.25, 0.3) is 12.0 Å². The van der Waals surface area contributed by atoms with Crippen LogP contribution in [0.1, 0.15) is 131 Å². The Balaban J connectivity index is 0.000000167. The predicted octanol–water partition coefficient (Wildman–Crippen LogP) is 15.2. The summed E-state index contributed by atoms with van der Waals surface area (Å²) in [5.74, 6) is 0.332. The Kier molecular flexibility index (Phi) is 20.6. The number of amidine groups is 2. The van der Waals surface area contributed by atoms with E-state index in [0.717, 1.165) is 27.8 Å². The van der Waals surface area contributed by atoms with Crippen molar-refractivity contribution in [3.63, 3.8) is 0 Å². The number of rotatable bonds is 9. The van der Waals surface area contributed by atoms with Gasteiger partial charge < -0.3 is 49.2 Å².